The summed E-state index contributed by atoms with van der Waals surface area (Å²) in [5.74, 6) is 0.469. The summed E-state index contributed by atoms with van der Waals surface area (Å²) in [5, 5.41) is 5.64. The molecular formula is C18H18N2O3. The first-order valence-electron chi connectivity index (χ1n) is 7.52. The number of amides is 2. The van der Waals surface area contributed by atoms with Gasteiger partial charge in [-0.15, -0.1) is 0 Å². The number of fused-ring (bicyclic) bond motifs is 1. The van der Waals surface area contributed by atoms with Crippen molar-refractivity contribution in [2.45, 2.75) is 19.8 Å². The Hall–Kier alpha value is -2.82. The number of aryl methyl sites for hydroxylation is 2. The van der Waals surface area contributed by atoms with E-state index in [0.29, 0.717) is 24.3 Å². The average molecular weight is 310 g/mol. The first-order valence-corrected chi connectivity index (χ1v) is 7.52. The molecule has 2 aromatic carbocycles. The van der Waals surface area contributed by atoms with E-state index in [1.54, 1.807) is 0 Å². The normalized spacial score (nSPS) is 12.8. The number of carbonyl (C=O) groups excluding carboxylic acids is 2. The van der Waals surface area contributed by atoms with Gasteiger partial charge in [0.25, 0.3) is 5.91 Å². The third-order valence-electron chi connectivity index (χ3n) is 3.65. The Morgan fingerprint density at radius 1 is 1.22 bits per heavy atom. The molecule has 0 aromatic heterocycles. The monoisotopic (exact) mass is 310 g/mol. The van der Waals surface area contributed by atoms with E-state index in [4.69, 9.17) is 4.74 Å². The topological polar surface area (TPSA) is 67.4 Å². The highest BCUT2D eigenvalue weighted by atomic mass is 16.5. The molecule has 23 heavy (non-hydrogen) atoms. The van der Waals surface area contributed by atoms with Gasteiger partial charge in [-0.3, -0.25) is 9.59 Å². The van der Waals surface area contributed by atoms with E-state index in [9.17, 15) is 9.59 Å². The van der Waals surface area contributed by atoms with Crippen LogP contribution in [0.4, 0.5) is 11.4 Å². The van der Waals surface area contributed by atoms with Crippen molar-refractivity contribution in [1.82, 2.24) is 0 Å². The van der Waals surface area contributed by atoms with E-state index in [1.807, 2.05) is 49.4 Å². The molecule has 5 nitrogen and oxygen atoms in total. The summed E-state index contributed by atoms with van der Waals surface area (Å²) >= 11 is 0. The smallest absolute Gasteiger partial charge is 0.262 e. The van der Waals surface area contributed by atoms with Crippen LogP contribution < -0.4 is 15.4 Å². The highest BCUT2D eigenvalue weighted by molar-refractivity contribution is 5.95. The summed E-state index contributed by atoms with van der Waals surface area (Å²) in [6.45, 7) is 2.05. The lowest BCUT2D eigenvalue weighted by Crippen LogP contribution is -2.25. The van der Waals surface area contributed by atoms with E-state index in [2.05, 4.69) is 10.6 Å². The van der Waals surface area contributed by atoms with Crippen molar-refractivity contribution in [3.8, 4) is 5.75 Å². The molecule has 5 heteroatoms. The molecule has 2 N–H and O–H groups in total. The second-order valence-electron chi connectivity index (χ2n) is 5.58. The SMILES string of the molecule is Cc1ccc(NC(=O)CCc2ccc3c(c2)NC(=O)CO3)cc1. The van der Waals surface area contributed by atoms with Gasteiger partial charge < -0.3 is 15.4 Å². The molecule has 0 radical (unpaired) electrons. The molecule has 2 aromatic rings. The molecular weight excluding hydrogens is 292 g/mol. The van der Waals surface area contributed by atoms with Crippen LogP contribution in [-0.2, 0) is 16.0 Å². The molecule has 0 fully saturated rings. The molecule has 0 saturated heterocycles. The lowest BCUT2D eigenvalue weighted by atomic mass is 10.1. The Balaban J connectivity index is 1.57. The van der Waals surface area contributed by atoms with Crippen molar-refractivity contribution < 1.29 is 14.3 Å². The highest BCUT2D eigenvalue weighted by Crippen LogP contribution is 2.28. The molecule has 3 rings (SSSR count). The van der Waals surface area contributed by atoms with Crippen molar-refractivity contribution in [1.29, 1.82) is 0 Å². The molecule has 0 aliphatic carbocycles. The van der Waals surface area contributed by atoms with E-state index < -0.39 is 0 Å². The minimum Gasteiger partial charge on any atom is -0.482 e. The summed E-state index contributed by atoms with van der Waals surface area (Å²) in [5.41, 5.74) is 3.60. The first-order chi connectivity index (χ1) is 11.1. The molecule has 1 heterocycles. The molecule has 118 valence electrons. The fourth-order valence-corrected chi connectivity index (χ4v) is 2.40. The average Bonchev–Trinajstić information content (AvgIpc) is 2.54. The van der Waals surface area contributed by atoms with Gasteiger partial charge in [-0.1, -0.05) is 23.8 Å². The number of hydrogen-bond donors (Lipinski definition) is 2. The molecule has 0 spiro atoms. The summed E-state index contributed by atoms with van der Waals surface area (Å²) in [6, 6.07) is 13.3. The molecule has 2 amide bonds. The van der Waals surface area contributed by atoms with Crippen LogP contribution >= 0.6 is 0 Å². The molecule has 0 saturated carbocycles. The highest BCUT2D eigenvalue weighted by Gasteiger charge is 2.16. The van der Waals surface area contributed by atoms with Crippen molar-refractivity contribution >= 4 is 23.2 Å². The van der Waals surface area contributed by atoms with E-state index in [1.165, 1.54) is 0 Å². The molecule has 1 aliphatic heterocycles. The van der Waals surface area contributed by atoms with Crippen LogP contribution in [0.2, 0.25) is 0 Å². The van der Waals surface area contributed by atoms with Crippen molar-refractivity contribution in [2.75, 3.05) is 17.2 Å². The second-order valence-corrected chi connectivity index (χ2v) is 5.58. The zero-order valence-corrected chi connectivity index (χ0v) is 12.9. The summed E-state index contributed by atoms with van der Waals surface area (Å²) < 4.78 is 5.31. The predicted molar refractivity (Wildman–Crippen MR) is 88.7 cm³/mol. The minimum absolute atomic E-state index is 0.0353. The fraction of sp³-hybridized carbons (Fsp3) is 0.222. The second kappa shape index (κ2) is 6.52. The van der Waals surface area contributed by atoms with Crippen LogP contribution in [0.3, 0.4) is 0 Å². The van der Waals surface area contributed by atoms with Crippen LogP contribution in [0.5, 0.6) is 5.75 Å². The Morgan fingerprint density at radius 2 is 2.00 bits per heavy atom. The van der Waals surface area contributed by atoms with Crippen LogP contribution in [0.1, 0.15) is 17.5 Å². The van der Waals surface area contributed by atoms with Gasteiger partial charge in [-0.05, 0) is 43.2 Å². The van der Waals surface area contributed by atoms with Crippen LogP contribution in [0, 0.1) is 6.92 Å². The third-order valence-corrected chi connectivity index (χ3v) is 3.65. The van der Waals surface area contributed by atoms with Crippen LogP contribution in [0.25, 0.3) is 0 Å². The number of ether oxygens (including phenoxy) is 1. The first kappa shape index (κ1) is 15.1. The molecule has 1 aliphatic rings. The maximum Gasteiger partial charge on any atom is 0.262 e. The Kier molecular flexibility index (Phi) is 4.28. The van der Waals surface area contributed by atoms with Gasteiger partial charge in [0.15, 0.2) is 6.61 Å². The van der Waals surface area contributed by atoms with Gasteiger partial charge in [0.05, 0.1) is 5.69 Å². The lowest BCUT2D eigenvalue weighted by molar-refractivity contribution is -0.118. The summed E-state index contributed by atoms with van der Waals surface area (Å²) in [6.07, 6.45) is 0.975. The number of nitrogens with one attached hydrogen (secondary N) is 2. The maximum absolute atomic E-state index is 12.0. The number of anilines is 2. The van der Waals surface area contributed by atoms with Crippen LogP contribution in [-0.4, -0.2) is 18.4 Å². The maximum atomic E-state index is 12.0. The number of benzene rings is 2. The van der Waals surface area contributed by atoms with Crippen LogP contribution in [0.15, 0.2) is 42.5 Å². The largest absolute Gasteiger partial charge is 0.482 e. The molecule has 0 unspecified atom stereocenters. The van der Waals surface area contributed by atoms with Crippen molar-refractivity contribution in [3.63, 3.8) is 0 Å². The van der Waals surface area contributed by atoms with Gasteiger partial charge in [-0.25, -0.2) is 0 Å². The fourth-order valence-electron chi connectivity index (χ4n) is 2.40. The Morgan fingerprint density at radius 3 is 2.78 bits per heavy atom. The third kappa shape index (κ3) is 3.88. The minimum atomic E-state index is -0.160. The lowest BCUT2D eigenvalue weighted by Gasteiger charge is -2.18. The predicted octanol–water partition coefficient (Wildman–Crippen LogP) is 2.90. The number of rotatable bonds is 4. The van der Waals surface area contributed by atoms with Crippen molar-refractivity contribution in [2.24, 2.45) is 0 Å². The summed E-state index contributed by atoms with van der Waals surface area (Å²) in [4.78, 5) is 23.3. The van der Waals surface area contributed by atoms with E-state index in [0.717, 1.165) is 16.8 Å². The van der Waals surface area contributed by atoms with Gasteiger partial charge in [0.1, 0.15) is 5.75 Å². The van der Waals surface area contributed by atoms with Gasteiger partial charge in [-0.2, -0.15) is 0 Å². The van der Waals surface area contributed by atoms with E-state index in [-0.39, 0.29) is 18.4 Å². The molecule has 0 atom stereocenters. The zero-order valence-electron chi connectivity index (χ0n) is 12.9. The summed E-state index contributed by atoms with van der Waals surface area (Å²) in [7, 11) is 0. The Bertz CT molecular complexity index is 738. The number of carbonyl (C=O) groups is 2. The molecule has 0 bridgehead atoms. The quantitative estimate of drug-likeness (QED) is 0.912. The number of hydrogen-bond acceptors (Lipinski definition) is 3. The Labute approximate surface area is 134 Å². The van der Waals surface area contributed by atoms with Gasteiger partial charge >= 0.3 is 0 Å². The van der Waals surface area contributed by atoms with Gasteiger partial charge in [0, 0.05) is 12.1 Å². The van der Waals surface area contributed by atoms with E-state index >= 15 is 0 Å². The van der Waals surface area contributed by atoms with Crippen molar-refractivity contribution in [3.05, 3.63) is 53.6 Å². The standard InChI is InChI=1S/C18H18N2O3/c1-12-2-6-14(7-3-12)19-17(21)9-5-13-4-8-16-15(10-13)20-18(22)11-23-16/h2-4,6-8,10H,5,9,11H2,1H3,(H,19,21)(H,20,22). The van der Waals surface area contributed by atoms with Gasteiger partial charge in [0.2, 0.25) is 5.91 Å². The zero-order chi connectivity index (χ0) is 16.2.